The maximum absolute atomic E-state index is 12.0. The zero-order chi connectivity index (χ0) is 12.8. The third-order valence-electron chi connectivity index (χ3n) is 3.42. The summed E-state index contributed by atoms with van der Waals surface area (Å²) in [6, 6.07) is 10.8. The first-order valence-electron chi connectivity index (χ1n) is 6.81. The van der Waals surface area contributed by atoms with Gasteiger partial charge in [-0.2, -0.15) is 0 Å². The molecule has 4 heteroatoms. The molecule has 1 amide bonds. The number of carbonyl (C=O) groups is 1. The molecule has 1 aromatic rings. The van der Waals surface area contributed by atoms with Crippen LogP contribution in [0.2, 0.25) is 0 Å². The Morgan fingerprint density at radius 1 is 1.37 bits per heavy atom. The van der Waals surface area contributed by atoms with Crippen molar-refractivity contribution < 1.29 is 4.79 Å². The van der Waals surface area contributed by atoms with Crippen molar-refractivity contribution in [2.75, 3.05) is 19.6 Å². The van der Waals surface area contributed by atoms with Gasteiger partial charge in [-0.25, -0.2) is 0 Å². The SMILES string of the molecule is CC1CN(C(=O)CCCc2ccccc2)CCN1.Cl. The minimum Gasteiger partial charge on any atom is -0.340 e. The Labute approximate surface area is 121 Å². The lowest BCUT2D eigenvalue weighted by atomic mass is 10.1. The smallest absolute Gasteiger partial charge is 0.222 e. The van der Waals surface area contributed by atoms with Gasteiger partial charge in [0, 0.05) is 32.1 Å². The van der Waals surface area contributed by atoms with Crippen LogP contribution in [0.15, 0.2) is 30.3 Å². The summed E-state index contributed by atoms with van der Waals surface area (Å²) in [6.07, 6.45) is 2.61. The standard InChI is InChI=1S/C15H22N2O.ClH/c1-13-12-17(11-10-16-13)15(18)9-5-8-14-6-3-2-4-7-14;/h2-4,6-7,13,16H,5,8-12H2,1H3;1H. The first-order valence-corrected chi connectivity index (χ1v) is 6.81. The molecule has 3 nitrogen and oxygen atoms in total. The molecule has 106 valence electrons. The molecule has 1 N–H and O–H groups in total. The lowest BCUT2D eigenvalue weighted by Crippen LogP contribution is -2.51. The minimum absolute atomic E-state index is 0. The Kier molecular flexibility index (Phi) is 6.89. The van der Waals surface area contributed by atoms with Crippen LogP contribution in [0.5, 0.6) is 0 Å². The molecule has 1 saturated heterocycles. The van der Waals surface area contributed by atoms with Crippen molar-refractivity contribution >= 4 is 18.3 Å². The lowest BCUT2D eigenvalue weighted by Gasteiger charge is -2.32. The number of nitrogens with zero attached hydrogens (tertiary/aromatic N) is 1. The summed E-state index contributed by atoms with van der Waals surface area (Å²) in [5.41, 5.74) is 1.32. The van der Waals surface area contributed by atoms with E-state index in [-0.39, 0.29) is 12.4 Å². The molecule has 1 heterocycles. The second-order valence-electron chi connectivity index (χ2n) is 5.03. The maximum atomic E-state index is 12.0. The number of carbonyl (C=O) groups excluding carboxylic acids is 1. The number of hydrogen-bond donors (Lipinski definition) is 1. The van der Waals surface area contributed by atoms with Crippen molar-refractivity contribution in [1.82, 2.24) is 10.2 Å². The average Bonchev–Trinajstić information content (AvgIpc) is 2.40. The van der Waals surface area contributed by atoms with Crippen LogP contribution >= 0.6 is 12.4 Å². The first kappa shape index (κ1) is 16.0. The first-order chi connectivity index (χ1) is 8.75. The van der Waals surface area contributed by atoms with Gasteiger partial charge in [0.1, 0.15) is 0 Å². The molecule has 0 saturated carbocycles. The summed E-state index contributed by atoms with van der Waals surface area (Å²) in [6.45, 7) is 4.76. The molecule has 1 unspecified atom stereocenters. The molecule has 1 fully saturated rings. The molecule has 2 rings (SSSR count). The van der Waals surface area contributed by atoms with Gasteiger partial charge in [-0.05, 0) is 25.3 Å². The molecule has 0 radical (unpaired) electrons. The van der Waals surface area contributed by atoms with Gasteiger partial charge in [0.15, 0.2) is 0 Å². The van der Waals surface area contributed by atoms with E-state index in [0.717, 1.165) is 32.5 Å². The van der Waals surface area contributed by atoms with Crippen LogP contribution in [0.1, 0.15) is 25.3 Å². The van der Waals surface area contributed by atoms with Gasteiger partial charge in [-0.3, -0.25) is 4.79 Å². The Bertz CT molecular complexity index is 383. The molecule has 1 aliphatic rings. The molecule has 0 aromatic heterocycles. The van der Waals surface area contributed by atoms with Crippen molar-refractivity contribution in [2.24, 2.45) is 0 Å². The topological polar surface area (TPSA) is 32.3 Å². The number of piperazine rings is 1. The van der Waals surface area contributed by atoms with Crippen LogP contribution in [0.3, 0.4) is 0 Å². The number of amides is 1. The van der Waals surface area contributed by atoms with Crippen LogP contribution in [0.25, 0.3) is 0 Å². The summed E-state index contributed by atoms with van der Waals surface area (Å²) >= 11 is 0. The van der Waals surface area contributed by atoms with E-state index in [1.807, 2.05) is 11.0 Å². The van der Waals surface area contributed by atoms with Crippen molar-refractivity contribution in [3.8, 4) is 0 Å². The van der Waals surface area contributed by atoms with Crippen LogP contribution in [0, 0.1) is 0 Å². The van der Waals surface area contributed by atoms with Crippen LogP contribution in [-0.2, 0) is 11.2 Å². The highest BCUT2D eigenvalue weighted by Crippen LogP contribution is 2.08. The van der Waals surface area contributed by atoms with Crippen molar-refractivity contribution in [3.05, 3.63) is 35.9 Å². The van der Waals surface area contributed by atoms with E-state index < -0.39 is 0 Å². The van der Waals surface area contributed by atoms with E-state index in [9.17, 15) is 4.79 Å². The van der Waals surface area contributed by atoms with Gasteiger partial charge >= 0.3 is 0 Å². The predicted octanol–water partition coefficient (Wildman–Crippen LogP) is 2.25. The van der Waals surface area contributed by atoms with Crippen LogP contribution in [0.4, 0.5) is 0 Å². The molecular formula is C15H23ClN2O. The summed E-state index contributed by atoms with van der Waals surface area (Å²) in [5.74, 6) is 0.305. The van der Waals surface area contributed by atoms with E-state index in [1.165, 1.54) is 5.56 Å². The Hall–Kier alpha value is -1.06. The van der Waals surface area contributed by atoms with Crippen molar-refractivity contribution in [3.63, 3.8) is 0 Å². The monoisotopic (exact) mass is 282 g/mol. The number of aryl methyl sites for hydroxylation is 1. The van der Waals surface area contributed by atoms with Crippen molar-refractivity contribution in [2.45, 2.75) is 32.2 Å². The predicted molar refractivity (Wildman–Crippen MR) is 80.7 cm³/mol. The van der Waals surface area contributed by atoms with Crippen LogP contribution in [-0.4, -0.2) is 36.5 Å². The highest BCUT2D eigenvalue weighted by Gasteiger charge is 2.19. The Morgan fingerprint density at radius 3 is 2.79 bits per heavy atom. The third kappa shape index (κ3) is 5.21. The largest absolute Gasteiger partial charge is 0.340 e. The zero-order valence-corrected chi connectivity index (χ0v) is 12.3. The van der Waals surface area contributed by atoms with Crippen LogP contribution < -0.4 is 5.32 Å². The van der Waals surface area contributed by atoms with Gasteiger partial charge in [0.2, 0.25) is 5.91 Å². The fourth-order valence-corrected chi connectivity index (χ4v) is 2.41. The highest BCUT2D eigenvalue weighted by atomic mass is 35.5. The number of rotatable bonds is 4. The highest BCUT2D eigenvalue weighted by molar-refractivity contribution is 5.85. The Morgan fingerprint density at radius 2 is 2.11 bits per heavy atom. The number of hydrogen-bond acceptors (Lipinski definition) is 2. The summed E-state index contributed by atoms with van der Waals surface area (Å²) in [7, 11) is 0. The number of benzene rings is 1. The molecule has 1 aliphatic heterocycles. The quantitative estimate of drug-likeness (QED) is 0.919. The molecule has 19 heavy (non-hydrogen) atoms. The summed E-state index contributed by atoms with van der Waals surface area (Å²) < 4.78 is 0. The van der Waals surface area contributed by atoms with Gasteiger partial charge in [-0.15, -0.1) is 12.4 Å². The minimum atomic E-state index is 0. The molecule has 1 aromatic carbocycles. The molecule has 0 aliphatic carbocycles. The van der Waals surface area contributed by atoms with Gasteiger partial charge in [-0.1, -0.05) is 30.3 Å². The molecule has 0 bridgehead atoms. The zero-order valence-electron chi connectivity index (χ0n) is 11.5. The summed E-state index contributed by atoms with van der Waals surface area (Å²) in [5, 5.41) is 3.35. The van der Waals surface area contributed by atoms with Gasteiger partial charge in [0.05, 0.1) is 0 Å². The number of nitrogens with one attached hydrogen (secondary N) is 1. The Balaban J connectivity index is 0.00000180. The second-order valence-corrected chi connectivity index (χ2v) is 5.03. The number of halogens is 1. The average molecular weight is 283 g/mol. The lowest BCUT2D eigenvalue weighted by molar-refractivity contribution is -0.132. The van der Waals surface area contributed by atoms with Gasteiger partial charge in [0.25, 0.3) is 0 Å². The van der Waals surface area contributed by atoms with E-state index in [4.69, 9.17) is 0 Å². The van der Waals surface area contributed by atoms with E-state index in [0.29, 0.717) is 18.4 Å². The summed E-state index contributed by atoms with van der Waals surface area (Å²) in [4.78, 5) is 14.0. The van der Waals surface area contributed by atoms with E-state index in [2.05, 4.69) is 36.5 Å². The molecule has 1 atom stereocenters. The fraction of sp³-hybridized carbons (Fsp3) is 0.533. The normalized spacial score (nSPS) is 18.8. The van der Waals surface area contributed by atoms with Crippen molar-refractivity contribution in [1.29, 1.82) is 0 Å². The fourth-order valence-electron chi connectivity index (χ4n) is 2.41. The molecular weight excluding hydrogens is 260 g/mol. The van der Waals surface area contributed by atoms with E-state index in [1.54, 1.807) is 0 Å². The maximum Gasteiger partial charge on any atom is 0.222 e. The molecule has 0 spiro atoms. The van der Waals surface area contributed by atoms with Gasteiger partial charge < -0.3 is 10.2 Å². The van der Waals surface area contributed by atoms with E-state index >= 15 is 0 Å². The second kappa shape index (κ2) is 8.18. The third-order valence-corrected chi connectivity index (χ3v) is 3.42.